The summed E-state index contributed by atoms with van der Waals surface area (Å²) in [6.45, 7) is -0.0351. The van der Waals surface area contributed by atoms with Crippen LogP contribution in [0.5, 0.6) is 0 Å². The molecule has 10 heteroatoms. The highest BCUT2D eigenvalue weighted by molar-refractivity contribution is 7.93. The molecule has 0 bridgehead atoms. The molecule has 0 unspecified atom stereocenters. The zero-order valence-electron chi connectivity index (χ0n) is 14.0. The van der Waals surface area contributed by atoms with Gasteiger partial charge in [-0.25, -0.2) is 23.2 Å². The third-order valence-corrected chi connectivity index (χ3v) is 7.00. The van der Waals surface area contributed by atoms with Gasteiger partial charge < -0.3 is 10.0 Å². The highest BCUT2D eigenvalue weighted by Crippen LogP contribution is 2.38. The molecule has 0 aliphatic heterocycles. The summed E-state index contributed by atoms with van der Waals surface area (Å²) >= 11 is 0.883. The first-order chi connectivity index (χ1) is 12.8. The van der Waals surface area contributed by atoms with E-state index in [1.54, 1.807) is 6.07 Å². The summed E-state index contributed by atoms with van der Waals surface area (Å²) in [5, 5.41) is 8.88. The van der Waals surface area contributed by atoms with E-state index in [4.69, 9.17) is 5.11 Å². The van der Waals surface area contributed by atoms with E-state index in [1.165, 1.54) is 49.8 Å². The number of halogens is 1. The third-order valence-electron chi connectivity index (χ3n) is 3.68. The van der Waals surface area contributed by atoms with Gasteiger partial charge in [0.1, 0.15) is 4.21 Å². The smallest absolute Gasteiger partial charge is 0.407 e. The number of aromatic nitrogens is 2. The summed E-state index contributed by atoms with van der Waals surface area (Å²) in [6.07, 6.45) is 1.45. The van der Waals surface area contributed by atoms with Gasteiger partial charge in [0.2, 0.25) is 15.8 Å². The van der Waals surface area contributed by atoms with Crippen molar-refractivity contribution in [1.29, 1.82) is 0 Å². The molecule has 7 nitrogen and oxygen atoms in total. The molecule has 140 valence electrons. The summed E-state index contributed by atoms with van der Waals surface area (Å²) in [5.74, 6) is -0.814. The van der Waals surface area contributed by atoms with E-state index in [1.807, 2.05) is 0 Å². The largest absolute Gasteiger partial charge is 0.465 e. The molecule has 3 heterocycles. The van der Waals surface area contributed by atoms with E-state index in [2.05, 4.69) is 9.97 Å². The number of thiophene rings is 1. The van der Waals surface area contributed by atoms with Gasteiger partial charge in [0.25, 0.3) is 0 Å². The average molecular weight is 407 g/mol. The lowest BCUT2D eigenvalue weighted by Crippen LogP contribution is -2.23. The van der Waals surface area contributed by atoms with Gasteiger partial charge in [0.05, 0.1) is 6.54 Å². The number of amides is 1. The molecular weight excluding hydrogens is 393 g/mol. The van der Waals surface area contributed by atoms with Crippen molar-refractivity contribution in [2.75, 3.05) is 7.05 Å². The van der Waals surface area contributed by atoms with Crippen LogP contribution < -0.4 is 0 Å². The second-order valence-corrected chi connectivity index (χ2v) is 8.79. The SMILES string of the molecule is CN(Cc1cc(-c2cccnc2F)c(S(=O)(=O)c2ccccn2)s1)C(=O)O. The Hall–Kier alpha value is -2.85. The molecule has 0 aliphatic carbocycles. The van der Waals surface area contributed by atoms with E-state index in [0.717, 1.165) is 16.2 Å². The number of nitrogens with zero attached hydrogens (tertiary/aromatic N) is 3. The monoisotopic (exact) mass is 407 g/mol. The zero-order chi connectivity index (χ0) is 19.6. The van der Waals surface area contributed by atoms with Crippen molar-refractivity contribution < 1.29 is 22.7 Å². The summed E-state index contributed by atoms with van der Waals surface area (Å²) in [7, 11) is -2.66. The topological polar surface area (TPSA) is 100 Å². The maximum Gasteiger partial charge on any atom is 0.407 e. The van der Waals surface area contributed by atoms with Crippen LogP contribution in [0.4, 0.5) is 9.18 Å². The fourth-order valence-corrected chi connectivity index (χ4v) is 5.45. The highest BCUT2D eigenvalue weighted by Gasteiger charge is 2.28. The zero-order valence-corrected chi connectivity index (χ0v) is 15.7. The van der Waals surface area contributed by atoms with Gasteiger partial charge in [-0.05, 0) is 30.3 Å². The van der Waals surface area contributed by atoms with Crippen molar-refractivity contribution >= 4 is 27.3 Å². The minimum atomic E-state index is -4.02. The number of rotatable bonds is 5. The van der Waals surface area contributed by atoms with E-state index >= 15 is 0 Å². The molecule has 0 fully saturated rings. The summed E-state index contributed by atoms with van der Waals surface area (Å²) in [5.41, 5.74) is 0.150. The molecule has 0 saturated heterocycles. The van der Waals surface area contributed by atoms with Crippen molar-refractivity contribution in [3.8, 4) is 11.1 Å². The van der Waals surface area contributed by atoms with Crippen LogP contribution in [0.2, 0.25) is 0 Å². The number of carboxylic acid groups (broad SMARTS) is 1. The van der Waals surface area contributed by atoms with E-state index in [0.29, 0.717) is 4.88 Å². The molecule has 0 saturated carbocycles. The molecule has 27 heavy (non-hydrogen) atoms. The highest BCUT2D eigenvalue weighted by atomic mass is 32.2. The summed E-state index contributed by atoms with van der Waals surface area (Å²) in [4.78, 5) is 20.0. The van der Waals surface area contributed by atoms with Gasteiger partial charge in [-0.2, -0.15) is 4.39 Å². The third kappa shape index (κ3) is 3.81. The first kappa shape index (κ1) is 18.9. The predicted octanol–water partition coefficient (Wildman–Crippen LogP) is 3.29. The first-order valence-corrected chi connectivity index (χ1v) is 9.94. The number of pyridine rings is 2. The summed E-state index contributed by atoms with van der Waals surface area (Å²) < 4.78 is 40.2. The lowest BCUT2D eigenvalue weighted by atomic mass is 10.1. The van der Waals surface area contributed by atoms with Crippen molar-refractivity contribution in [2.24, 2.45) is 0 Å². The van der Waals surface area contributed by atoms with E-state index in [-0.39, 0.29) is 26.9 Å². The van der Waals surface area contributed by atoms with E-state index < -0.39 is 21.9 Å². The van der Waals surface area contributed by atoms with Gasteiger partial charge >= 0.3 is 6.09 Å². The normalized spacial score (nSPS) is 11.3. The molecule has 0 atom stereocenters. The number of carbonyl (C=O) groups is 1. The molecule has 3 aromatic heterocycles. The molecule has 3 rings (SSSR count). The van der Waals surface area contributed by atoms with Crippen LogP contribution in [-0.4, -0.2) is 41.5 Å². The Kier molecular flexibility index (Phi) is 5.19. The van der Waals surface area contributed by atoms with Crippen LogP contribution in [-0.2, 0) is 16.4 Å². The maximum atomic E-state index is 14.2. The Morgan fingerprint density at radius 1 is 1.19 bits per heavy atom. The number of hydrogen-bond donors (Lipinski definition) is 1. The van der Waals surface area contributed by atoms with Crippen LogP contribution in [0.3, 0.4) is 0 Å². The molecule has 0 aromatic carbocycles. The lowest BCUT2D eigenvalue weighted by molar-refractivity contribution is 0.154. The van der Waals surface area contributed by atoms with Crippen molar-refractivity contribution in [1.82, 2.24) is 14.9 Å². The van der Waals surface area contributed by atoms with Crippen LogP contribution >= 0.6 is 11.3 Å². The Labute approximate surface area is 158 Å². The van der Waals surface area contributed by atoms with Gasteiger partial charge in [-0.3, -0.25) is 0 Å². The van der Waals surface area contributed by atoms with E-state index in [9.17, 15) is 17.6 Å². The van der Waals surface area contributed by atoms with Gasteiger partial charge in [0, 0.05) is 35.4 Å². The number of sulfone groups is 1. The van der Waals surface area contributed by atoms with Crippen LogP contribution in [0.25, 0.3) is 11.1 Å². The fraction of sp³-hybridized carbons (Fsp3) is 0.118. The molecule has 0 radical (unpaired) electrons. The van der Waals surface area contributed by atoms with Crippen LogP contribution in [0, 0.1) is 5.95 Å². The standard InChI is InChI=1S/C17H14FN3O4S2/c1-21(17(22)23)10-11-9-13(12-5-4-8-20-15(12)18)16(26-11)27(24,25)14-6-2-3-7-19-14/h2-9H,10H2,1H3,(H,22,23). The minimum absolute atomic E-state index is 0.0208. The fourth-order valence-electron chi connectivity index (χ4n) is 2.38. The van der Waals surface area contributed by atoms with Crippen LogP contribution in [0.1, 0.15) is 4.88 Å². The Bertz CT molecular complexity index is 1080. The lowest BCUT2D eigenvalue weighted by Gasteiger charge is -2.10. The van der Waals surface area contributed by atoms with Crippen molar-refractivity contribution in [3.63, 3.8) is 0 Å². The quantitative estimate of drug-likeness (QED) is 0.652. The van der Waals surface area contributed by atoms with Crippen LogP contribution in [0.15, 0.2) is 58.0 Å². The van der Waals surface area contributed by atoms with Gasteiger partial charge in [0.15, 0.2) is 5.03 Å². The second kappa shape index (κ2) is 7.41. The first-order valence-electron chi connectivity index (χ1n) is 7.64. The van der Waals surface area contributed by atoms with Gasteiger partial charge in [-0.15, -0.1) is 11.3 Å². The van der Waals surface area contributed by atoms with Crippen molar-refractivity contribution in [3.05, 3.63) is 59.6 Å². The molecular formula is C17H14FN3O4S2. The maximum absolute atomic E-state index is 14.2. The van der Waals surface area contributed by atoms with Gasteiger partial charge in [-0.1, -0.05) is 6.07 Å². The Morgan fingerprint density at radius 2 is 1.93 bits per heavy atom. The number of hydrogen-bond acceptors (Lipinski definition) is 6. The molecule has 0 aliphatic rings. The molecule has 0 spiro atoms. The Balaban J connectivity index is 2.18. The average Bonchev–Trinajstić information content (AvgIpc) is 3.07. The molecule has 1 N–H and O–H groups in total. The molecule has 1 amide bonds. The Morgan fingerprint density at radius 3 is 2.56 bits per heavy atom. The molecule has 3 aromatic rings. The second-order valence-electron chi connectivity index (χ2n) is 5.57. The summed E-state index contributed by atoms with van der Waals surface area (Å²) in [6, 6.07) is 8.86. The predicted molar refractivity (Wildman–Crippen MR) is 96.7 cm³/mol. The minimum Gasteiger partial charge on any atom is -0.465 e. The van der Waals surface area contributed by atoms with Crippen molar-refractivity contribution in [2.45, 2.75) is 15.8 Å².